The molecule has 0 unspecified atom stereocenters. The van der Waals surface area contributed by atoms with Crippen LogP contribution in [0.25, 0.3) is 11.4 Å². The molecule has 0 saturated heterocycles. The minimum Gasteiger partial charge on any atom is -0.365 e. The third kappa shape index (κ3) is 1.55. The second kappa shape index (κ2) is 4.18. The highest BCUT2D eigenvalue weighted by atomic mass is 16.1. The van der Waals surface area contributed by atoms with E-state index in [1.54, 1.807) is 4.57 Å². The van der Waals surface area contributed by atoms with Crippen LogP contribution in [0.5, 0.6) is 0 Å². The normalized spacial score (nSPS) is 13.7. The van der Waals surface area contributed by atoms with E-state index in [0.717, 1.165) is 24.3 Å². The number of aromatic nitrogens is 3. The van der Waals surface area contributed by atoms with E-state index >= 15 is 0 Å². The van der Waals surface area contributed by atoms with Gasteiger partial charge in [-0.1, -0.05) is 18.2 Å². The van der Waals surface area contributed by atoms with E-state index in [1.165, 1.54) is 0 Å². The Hall–Kier alpha value is -2.30. The lowest BCUT2D eigenvalue weighted by Gasteiger charge is -2.22. The first-order valence-electron chi connectivity index (χ1n) is 5.91. The molecule has 0 aliphatic carbocycles. The molecule has 0 spiro atoms. The van der Waals surface area contributed by atoms with E-state index in [4.69, 9.17) is 0 Å². The maximum Gasteiger partial charge on any atom is 0.343 e. The summed E-state index contributed by atoms with van der Waals surface area (Å²) in [4.78, 5) is 13.9. The number of anilines is 1. The molecule has 0 amide bonds. The molecule has 92 valence electrons. The molecule has 0 atom stereocenters. The van der Waals surface area contributed by atoms with Crippen LogP contribution in [0.4, 0.5) is 5.69 Å². The third-order valence-electron chi connectivity index (χ3n) is 3.19. The fourth-order valence-electron chi connectivity index (χ4n) is 2.36. The van der Waals surface area contributed by atoms with Gasteiger partial charge in [0.15, 0.2) is 5.82 Å². The molecule has 0 radical (unpaired) electrons. The maximum absolute atomic E-state index is 11.7. The molecule has 5 nitrogen and oxygen atoms in total. The second-order valence-corrected chi connectivity index (χ2v) is 4.26. The van der Waals surface area contributed by atoms with Gasteiger partial charge in [0.1, 0.15) is 0 Å². The smallest absolute Gasteiger partial charge is 0.343 e. The number of benzene rings is 1. The third-order valence-corrected chi connectivity index (χ3v) is 3.19. The lowest BCUT2D eigenvalue weighted by atomic mass is 10.1. The molecule has 1 N–H and O–H groups in total. The van der Waals surface area contributed by atoms with Crippen LogP contribution in [0.3, 0.4) is 0 Å². The molecule has 0 bridgehead atoms. The summed E-state index contributed by atoms with van der Waals surface area (Å²) in [5, 5.41) is 6.64. The number of aromatic amines is 1. The Kier molecular flexibility index (Phi) is 2.51. The van der Waals surface area contributed by atoms with Crippen LogP contribution >= 0.6 is 0 Å². The number of nitrogens with one attached hydrogen (secondary N) is 1. The highest BCUT2D eigenvalue weighted by Gasteiger charge is 2.21. The Morgan fingerprint density at radius 1 is 1.39 bits per heavy atom. The average Bonchev–Trinajstić information content (AvgIpc) is 2.67. The van der Waals surface area contributed by atoms with Crippen molar-refractivity contribution in [3.8, 4) is 11.4 Å². The van der Waals surface area contributed by atoms with E-state index in [0.29, 0.717) is 12.4 Å². The highest BCUT2D eigenvalue weighted by molar-refractivity contribution is 5.75. The van der Waals surface area contributed by atoms with E-state index in [-0.39, 0.29) is 5.69 Å². The summed E-state index contributed by atoms with van der Waals surface area (Å²) in [7, 11) is 0. The van der Waals surface area contributed by atoms with Crippen molar-refractivity contribution in [1.29, 1.82) is 0 Å². The van der Waals surface area contributed by atoms with Gasteiger partial charge >= 0.3 is 5.69 Å². The molecule has 3 rings (SSSR count). The van der Waals surface area contributed by atoms with E-state index in [9.17, 15) is 4.79 Å². The largest absolute Gasteiger partial charge is 0.365 e. The Labute approximate surface area is 104 Å². The minimum absolute atomic E-state index is 0.153. The van der Waals surface area contributed by atoms with Crippen molar-refractivity contribution in [2.45, 2.75) is 6.54 Å². The van der Waals surface area contributed by atoms with Crippen LogP contribution in [0.1, 0.15) is 0 Å². The molecule has 5 heteroatoms. The second-order valence-electron chi connectivity index (χ2n) is 4.26. The Bertz CT molecular complexity index is 640. The van der Waals surface area contributed by atoms with Gasteiger partial charge in [-0.15, -0.1) is 6.58 Å². The van der Waals surface area contributed by atoms with Gasteiger partial charge in [-0.05, 0) is 12.1 Å². The zero-order chi connectivity index (χ0) is 12.5. The predicted molar refractivity (Wildman–Crippen MR) is 70.7 cm³/mol. The summed E-state index contributed by atoms with van der Waals surface area (Å²) in [5.74, 6) is 0.710. The number of hydrogen-bond donors (Lipinski definition) is 1. The van der Waals surface area contributed by atoms with Gasteiger partial charge in [0, 0.05) is 30.9 Å². The molecule has 18 heavy (non-hydrogen) atoms. The summed E-state index contributed by atoms with van der Waals surface area (Å²) >= 11 is 0. The SMILES string of the molecule is C=CCN1CCn2c(n[nH]c2=O)-c2ccccc21. The zero-order valence-corrected chi connectivity index (χ0v) is 9.97. The maximum atomic E-state index is 11.7. The first-order valence-corrected chi connectivity index (χ1v) is 5.91. The van der Waals surface area contributed by atoms with E-state index in [1.807, 2.05) is 30.3 Å². The van der Waals surface area contributed by atoms with Crippen LogP contribution in [0, 0.1) is 0 Å². The molecular formula is C13H14N4O. The lowest BCUT2D eigenvalue weighted by Crippen LogP contribution is -2.28. The molecule has 1 aliphatic heterocycles. The molecule has 1 aliphatic rings. The topological polar surface area (TPSA) is 53.9 Å². The Morgan fingerprint density at radius 3 is 3.06 bits per heavy atom. The van der Waals surface area contributed by atoms with Crippen molar-refractivity contribution in [1.82, 2.24) is 14.8 Å². The Morgan fingerprint density at radius 2 is 2.22 bits per heavy atom. The number of hydrogen-bond acceptors (Lipinski definition) is 3. The van der Waals surface area contributed by atoms with Crippen molar-refractivity contribution in [2.75, 3.05) is 18.0 Å². The standard InChI is InChI=1S/C13H14N4O/c1-2-7-16-8-9-17-12(14-15-13(17)18)10-5-3-4-6-11(10)16/h2-6H,1,7-9H2,(H,15,18). The zero-order valence-electron chi connectivity index (χ0n) is 9.97. The number of nitrogens with zero attached hydrogens (tertiary/aromatic N) is 3. The van der Waals surface area contributed by atoms with Crippen LogP contribution in [-0.2, 0) is 6.54 Å². The summed E-state index contributed by atoms with van der Waals surface area (Å²) in [6.45, 7) is 5.95. The summed E-state index contributed by atoms with van der Waals surface area (Å²) in [5.41, 5.74) is 1.92. The van der Waals surface area contributed by atoms with Gasteiger partial charge in [-0.3, -0.25) is 4.57 Å². The summed E-state index contributed by atoms with van der Waals surface area (Å²) in [6.07, 6.45) is 1.87. The number of para-hydroxylation sites is 1. The van der Waals surface area contributed by atoms with Crippen molar-refractivity contribution >= 4 is 5.69 Å². The number of H-pyrrole nitrogens is 1. The molecule has 1 aromatic heterocycles. The number of fused-ring (bicyclic) bond motifs is 3. The van der Waals surface area contributed by atoms with Crippen molar-refractivity contribution in [2.24, 2.45) is 0 Å². The van der Waals surface area contributed by atoms with Crippen molar-refractivity contribution in [3.63, 3.8) is 0 Å². The molecular weight excluding hydrogens is 228 g/mol. The lowest BCUT2D eigenvalue weighted by molar-refractivity contribution is 0.668. The first-order chi connectivity index (χ1) is 8.81. The van der Waals surface area contributed by atoms with Gasteiger partial charge in [0.25, 0.3) is 0 Å². The van der Waals surface area contributed by atoms with Gasteiger partial charge in [0.05, 0.1) is 0 Å². The van der Waals surface area contributed by atoms with Crippen molar-refractivity contribution < 1.29 is 0 Å². The van der Waals surface area contributed by atoms with Gasteiger partial charge in [0.2, 0.25) is 0 Å². The van der Waals surface area contributed by atoms with Gasteiger partial charge in [-0.2, -0.15) is 5.10 Å². The molecule has 2 aromatic rings. The Balaban J connectivity index is 2.21. The quantitative estimate of drug-likeness (QED) is 0.806. The van der Waals surface area contributed by atoms with Gasteiger partial charge < -0.3 is 4.90 Å². The van der Waals surface area contributed by atoms with Crippen molar-refractivity contribution in [3.05, 3.63) is 47.4 Å². The van der Waals surface area contributed by atoms with Crippen LogP contribution in [0.15, 0.2) is 41.7 Å². The fourth-order valence-corrected chi connectivity index (χ4v) is 2.36. The van der Waals surface area contributed by atoms with Crippen LogP contribution in [0.2, 0.25) is 0 Å². The summed E-state index contributed by atoms with van der Waals surface area (Å²) < 4.78 is 1.68. The fraction of sp³-hybridized carbons (Fsp3) is 0.231. The minimum atomic E-state index is -0.153. The van der Waals surface area contributed by atoms with E-state index < -0.39 is 0 Å². The number of rotatable bonds is 2. The summed E-state index contributed by atoms with van der Waals surface area (Å²) in [6, 6.07) is 7.99. The monoisotopic (exact) mass is 242 g/mol. The predicted octanol–water partition coefficient (Wildman–Crippen LogP) is 1.24. The van der Waals surface area contributed by atoms with E-state index in [2.05, 4.69) is 21.7 Å². The molecule has 0 fully saturated rings. The first kappa shape index (κ1) is 10.8. The van der Waals surface area contributed by atoms with Crippen LogP contribution in [-0.4, -0.2) is 27.9 Å². The average molecular weight is 242 g/mol. The molecule has 0 saturated carbocycles. The van der Waals surface area contributed by atoms with Gasteiger partial charge in [-0.25, -0.2) is 9.89 Å². The van der Waals surface area contributed by atoms with Crippen LogP contribution < -0.4 is 10.6 Å². The molecule has 1 aromatic carbocycles. The highest BCUT2D eigenvalue weighted by Crippen LogP contribution is 2.30. The molecule has 2 heterocycles.